The van der Waals surface area contributed by atoms with Crippen LogP contribution in [-0.2, 0) is 6.54 Å². The largest absolute Gasteiger partial charge is 0.478 e. The number of aromatic nitrogens is 2. The van der Waals surface area contributed by atoms with E-state index >= 15 is 0 Å². The minimum atomic E-state index is -1.16. The molecule has 0 spiro atoms. The quantitative estimate of drug-likeness (QED) is 0.927. The third-order valence-corrected chi connectivity index (χ3v) is 2.97. The van der Waals surface area contributed by atoms with Gasteiger partial charge in [0.2, 0.25) is 0 Å². The van der Waals surface area contributed by atoms with Crippen LogP contribution in [0.15, 0.2) is 29.1 Å². The predicted octanol–water partition coefficient (Wildman–Crippen LogP) is 1.75. The van der Waals surface area contributed by atoms with Crippen LogP contribution in [0.2, 0.25) is 0 Å². The molecule has 1 aromatic carbocycles. The van der Waals surface area contributed by atoms with E-state index in [-0.39, 0.29) is 17.7 Å². The Bertz CT molecular complexity index is 738. The van der Waals surface area contributed by atoms with Crippen LogP contribution in [0.3, 0.4) is 0 Å². The number of carboxylic acid groups (broad SMARTS) is 1. The van der Waals surface area contributed by atoms with Gasteiger partial charge in [-0.1, -0.05) is 0 Å². The van der Waals surface area contributed by atoms with E-state index in [9.17, 15) is 14.0 Å². The van der Waals surface area contributed by atoms with E-state index in [1.165, 1.54) is 10.6 Å². The number of hydrogen-bond donors (Lipinski definition) is 1. The lowest BCUT2D eigenvalue weighted by molar-refractivity contribution is 0.0695. The van der Waals surface area contributed by atoms with Crippen LogP contribution in [0.1, 0.15) is 27.3 Å². The summed E-state index contributed by atoms with van der Waals surface area (Å²) in [4.78, 5) is 26.8. The fourth-order valence-electron chi connectivity index (χ4n) is 2.04. The Labute approximate surface area is 114 Å². The fraction of sp³-hybridized carbons (Fsp3) is 0.214. The zero-order valence-electron chi connectivity index (χ0n) is 11.1. The number of carbonyl (C=O) groups is 1. The van der Waals surface area contributed by atoms with Gasteiger partial charge in [0.15, 0.2) is 0 Å². The summed E-state index contributed by atoms with van der Waals surface area (Å²) >= 11 is 0. The first-order valence-corrected chi connectivity index (χ1v) is 5.95. The average molecular weight is 276 g/mol. The summed E-state index contributed by atoms with van der Waals surface area (Å²) in [6.07, 6.45) is 0. The smallest absolute Gasteiger partial charge is 0.348 e. The van der Waals surface area contributed by atoms with E-state index < -0.39 is 17.5 Å². The molecule has 104 valence electrons. The van der Waals surface area contributed by atoms with Crippen molar-refractivity contribution >= 4 is 5.97 Å². The Morgan fingerprint density at radius 3 is 2.65 bits per heavy atom. The molecule has 1 aromatic heterocycles. The predicted molar refractivity (Wildman–Crippen MR) is 70.4 cm³/mol. The molecule has 5 nitrogen and oxygen atoms in total. The summed E-state index contributed by atoms with van der Waals surface area (Å²) in [5.41, 5.74) is 0.944. The lowest BCUT2D eigenvalue weighted by atomic mass is 10.1. The van der Waals surface area contributed by atoms with Gasteiger partial charge in [-0.15, -0.1) is 0 Å². The lowest BCUT2D eigenvalue weighted by Crippen LogP contribution is -2.26. The molecule has 1 N–H and O–H groups in total. The van der Waals surface area contributed by atoms with Crippen LogP contribution < -0.4 is 5.69 Å². The van der Waals surface area contributed by atoms with Crippen LogP contribution in [-0.4, -0.2) is 20.6 Å². The van der Waals surface area contributed by atoms with E-state index in [4.69, 9.17) is 5.11 Å². The van der Waals surface area contributed by atoms with Crippen LogP contribution in [0.25, 0.3) is 0 Å². The standard InChI is InChI=1S/C14H13FN2O3/c1-8-5-9(2)17(14(20)16-8)7-10-6-11(15)3-4-12(10)13(18)19/h3-6H,7H2,1-2H3,(H,18,19). The number of hydrogen-bond acceptors (Lipinski definition) is 3. The third kappa shape index (κ3) is 2.74. The number of rotatable bonds is 3. The SMILES string of the molecule is Cc1cc(C)n(Cc2cc(F)ccc2C(=O)O)c(=O)n1. The Kier molecular flexibility index (Phi) is 3.65. The normalized spacial score (nSPS) is 10.6. The van der Waals surface area contributed by atoms with E-state index in [1.54, 1.807) is 19.9 Å². The molecule has 0 amide bonds. The molecule has 6 heteroatoms. The molecule has 0 bridgehead atoms. The second-order valence-corrected chi connectivity index (χ2v) is 4.51. The van der Waals surface area contributed by atoms with Crippen molar-refractivity contribution in [1.29, 1.82) is 0 Å². The molecular weight excluding hydrogens is 263 g/mol. The molecule has 0 aliphatic rings. The van der Waals surface area contributed by atoms with Crippen molar-refractivity contribution in [1.82, 2.24) is 9.55 Å². The molecule has 20 heavy (non-hydrogen) atoms. The fourth-order valence-corrected chi connectivity index (χ4v) is 2.04. The van der Waals surface area contributed by atoms with Crippen molar-refractivity contribution in [3.05, 3.63) is 63.1 Å². The number of benzene rings is 1. The van der Waals surface area contributed by atoms with Crippen molar-refractivity contribution in [2.24, 2.45) is 0 Å². The molecule has 1 heterocycles. The van der Waals surface area contributed by atoms with Crippen molar-refractivity contribution in [3.63, 3.8) is 0 Å². The van der Waals surface area contributed by atoms with Gasteiger partial charge in [0.05, 0.1) is 12.1 Å². The molecular formula is C14H13FN2O3. The maximum atomic E-state index is 13.3. The van der Waals surface area contributed by atoms with Gasteiger partial charge in [0, 0.05) is 11.4 Å². The number of carboxylic acids is 1. The average Bonchev–Trinajstić information content (AvgIpc) is 2.33. The highest BCUT2D eigenvalue weighted by Crippen LogP contribution is 2.13. The van der Waals surface area contributed by atoms with Gasteiger partial charge in [-0.25, -0.2) is 14.0 Å². The van der Waals surface area contributed by atoms with Gasteiger partial charge in [-0.3, -0.25) is 4.57 Å². The number of nitrogens with zero attached hydrogens (tertiary/aromatic N) is 2. The summed E-state index contributed by atoms with van der Waals surface area (Å²) in [6, 6.07) is 5.10. The summed E-state index contributed by atoms with van der Waals surface area (Å²) in [7, 11) is 0. The molecule has 2 rings (SSSR count). The highest BCUT2D eigenvalue weighted by molar-refractivity contribution is 5.89. The van der Waals surface area contributed by atoms with Crippen molar-refractivity contribution in [3.8, 4) is 0 Å². The first-order valence-electron chi connectivity index (χ1n) is 5.95. The van der Waals surface area contributed by atoms with E-state index in [0.717, 1.165) is 12.1 Å². The lowest BCUT2D eigenvalue weighted by Gasteiger charge is -2.11. The van der Waals surface area contributed by atoms with Crippen LogP contribution in [0, 0.1) is 19.7 Å². The van der Waals surface area contributed by atoms with Gasteiger partial charge in [0.1, 0.15) is 5.82 Å². The highest BCUT2D eigenvalue weighted by Gasteiger charge is 2.13. The third-order valence-electron chi connectivity index (χ3n) is 2.97. The number of halogens is 1. The van der Waals surface area contributed by atoms with Crippen molar-refractivity contribution in [2.45, 2.75) is 20.4 Å². The minimum absolute atomic E-state index is 0.0294. The van der Waals surface area contributed by atoms with Gasteiger partial charge in [-0.05, 0) is 43.7 Å². The maximum absolute atomic E-state index is 13.3. The summed E-state index contributed by atoms with van der Waals surface area (Å²) in [6.45, 7) is 3.39. The highest BCUT2D eigenvalue weighted by atomic mass is 19.1. The second kappa shape index (κ2) is 5.24. The Balaban J connectivity index is 2.53. The summed E-state index contributed by atoms with van der Waals surface area (Å²) in [5, 5.41) is 9.09. The molecule has 0 saturated heterocycles. The van der Waals surface area contributed by atoms with Crippen molar-refractivity contribution in [2.75, 3.05) is 0 Å². The Hall–Kier alpha value is -2.50. The molecule has 0 aliphatic carbocycles. The van der Waals surface area contributed by atoms with Crippen LogP contribution in [0.5, 0.6) is 0 Å². The second-order valence-electron chi connectivity index (χ2n) is 4.51. The number of aryl methyl sites for hydroxylation is 2. The first kappa shape index (κ1) is 13.9. The summed E-state index contributed by atoms with van der Waals surface area (Å²) < 4.78 is 14.6. The molecule has 0 radical (unpaired) electrons. The van der Waals surface area contributed by atoms with Gasteiger partial charge in [-0.2, -0.15) is 4.98 Å². The van der Waals surface area contributed by atoms with E-state index in [0.29, 0.717) is 11.4 Å². The summed E-state index contributed by atoms with van der Waals surface area (Å²) in [5.74, 6) is -1.71. The molecule has 0 aliphatic heterocycles. The van der Waals surface area contributed by atoms with Crippen LogP contribution in [0.4, 0.5) is 4.39 Å². The van der Waals surface area contributed by atoms with Gasteiger partial charge in [0.25, 0.3) is 0 Å². The zero-order valence-corrected chi connectivity index (χ0v) is 11.1. The molecule has 0 fully saturated rings. The minimum Gasteiger partial charge on any atom is -0.478 e. The van der Waals surface area contributed by atoms with Crippen LogP contribution >= 0.6 is 0 Å². The van der Waals surface area contributed by atoms with Gasteiger partial charge < -0.3 is 5.11 Å². The van der Waals surface area contributed by atoms with Gasteiger partial charge >= 0.3 is 11.7 Å². The molecule has 0 unspecified atom stereocenters. The first-order chi connectivity index (χ1) is 9.38. The molecule has 2 aromatic rings. The monoisotopic (exact) mass is 276 g/mol. The number of aromatic carboxylic acids is 1. The molecule has 0 atom stereocenters. The Morgan fingerprint density at radius 2 is 2.05 bits per heavy atom. The Morgan fingerprint density at radius 1 is 1.35 bits per heavy atom. The zero-order chi connectivity index (χ0) is 14.9. The molecule has 0 saturated carbocycles. The maximum Gasteiger partial charge on any atom is 0.348 e. The van der Waals surface area contributed by atoms with Crippen molar-refractivity contribution < 1.29 is 14.3 Å². The van der Waals surface area contributed by atoms with E-state index in [2.05, 4.69) is 4.98 Å². The topological polar surface area (TPSA) is 72.2 Å². The van der Waals surface area contributed by atoms with E-state index in [1.807, 2.05) is 0 Å².